The number of hydrazone groups is 1. The predicted octanol–water partition coefficient (Wildman–Crippen LogP) is 2.74. The van der Waals surface area contributed by atoms with Crippen molar-refractivity contribution in [1.82, 2.24) is 4.98 Å². The molecular weight excluding hydrogens is 244 g/mol. The highest BCUT2D eigenvalue weighted by molar-refractivity contribution is 8.00. The molecule has 4 rings (SSSR count). The Morgan fingerprint density at radius 1 is 1.06 bits per heavy atom. The largest absolute Gasteiger partial charge is 0.298 e. The molecule has 0 saturated heterocycles. The molecule has 2 aliphatic heterocycles. The van der Waals surface area contributed by atoms with Crippen LogP contribution in [0, 0.1) is 0 Å². The molecule has 0 spiro atoms. The van der Waals surface area contributed by atoms with Crippen LogP contribution in [0.25, 0.3) is 0 Å². The van der Waals surface area contributed by atoms with Gasteiger partial charge in [0.1, 0.15) is 6.34 Å². The number of thioether (sulfide) groups is 1. The van der Waals surface area contributed by atoms with Crippen molar-refractivity contribution in [2.75, 3.05) is 9.91 Å². The van der Waals surface area contributed by atoms with E-state index in [9.17, 15) is 0 Å². The Morgan fingerprint density at radius 2 is 1.94 bits per heavy atom. The third-order valence-corrected chi connectivity index (χ3v) is 4.24. The Bertz CT molecular complexity index is 613. The Balaban J connectivity index is 1.73. The second-order valence-corrected chi connectivity index (χ2v) is 5.18. The zero-order chi connectivity index (χ0) is 11.9. The molecule has 1 aromatic carbocycles. The van der Waals surface area contributed by atoms with Crippen molar-refractivity contribution in [2.24, 2.45) is 5.10 Å². The third-order valence-electron chi connectivity index (χ3n) is 3.01. The average molecular weight is 254 g/mol. The first-order valence-electron chi connectivity index (χ1n) is 5.72. The van der Waals surface area contributed by atoms with Crippen LogP contribution in [0.4, 0.5) is 11.5 Å². The summed E-state index contributed by atoms with van der Waals surface area (Å²) >= 11 is 1.80. The first kappa shape index (κ1) is 9.96. The van der Waals surface area contributed by atoms with E-state index < -0.39 is 0 Å². The number of fused-ring (bicyclic) bond motifs is 3. The molecule has 1 atom stereocenters. The minimum atomic E-state index is 0.150. The van der Waals surface area contributed by atoms with Crippen LogP contribution < -0.4 is 9.91 Å². The van der Waals surface area contributed by atoms with E-state index >= 15 is 0 Å². The normalized spacial score (nSPS) is 20.1. The van der Waals surface area contributed by atoms with Crippen molar-refractivity contribution in [2.45, 2.75) is 10.4 Å². The van der Waals surface area contributed by atoms with E-state index in [-0.39, 0.29) is 5.50 Å². The Morgan fingerprint density at radius 3 is 2.83 bits per heavy atom. The number of hydrogen-bond acceptors (Lipinski definition) is 5. The highest BCUT2D eigenvalue weighted by Crippen LogP contribution is 2.46. The van der Waals surface area contributed by atoms with E-state index in [1.165, 1.54) is 10.6 Å². The fourth-order valence-electron chi connectivity index (χ4n) is 2.18. The second-order valence-electron chi connectivity index (χ2n) is 4.08. The molecule has 0 fully saturated rings. The number of aromatic nitrogens is 1. The summed E-state index contributed by atoms with van der Waals surface area (Å²) in [6, 6.07) is 14.3. The number of para-hydroxylation sites is 1. The van der Waals surface area contributed by atoms with Crippen LogP contribution in [-0.2, 0) is 0 Å². The molecule has 0 bridgehead atoms. The van der Waals surface area contributed by atoms with Gasteiger partial charge < -0.3 is 0 Å². The van der Waals surface area contributed by atoms with Crippen molar-refractivity contribution in [3.63, 3.8) is 0 Å². The summed E-state index contributed by atoms with van der Waals surface area (Å²) in [6.45, 7) is 0. The van der Waals surface area contributed by atoms with Crippen LogP contribution in [-0.4, -0.2) is 16.8 Å². The van der Waals surface area contributed by atoms with Gasteiger partial charge in [-0.2, -0.15) is 5.10 Å². The van der Waals surface area contributed by atoms with Crippen LogP contribution in [0.5, 0.6) is 0 Å². The smallest absolute Gasteiger partial charge is 0.182 e. The second kappa shape index (κ2) is 3.74. The number of rotatable bonds is 1. The number of pyridine rings is 1. The molecule has 5 heteroatoms. The van der Waals surface area contributed by atoms with E-state index in [0.717, 1.165) is 5.82 Å². The molecule has 2 aliphatic rings. The van der Waals surface area contributed by atoms with Crippen LogP contribution >= 0.6 is 11.8 Å². The van der Waals surface area contributed by atoms with Gasteiger partial charge in [0, 0.05) is 11.1 Å². The van der Waals surface area contributed by atoms with Gasteiger partial charge in [-0.3, -0.25) is 4.90 Å². The van der Waals surface area contributed by atoms with Gasteiger partial charge >= 0.3 is 0 Å². The van der Waals surface area contributed by atoms with Gasteiger partial charge in [-0.05, 0) is 24.3 Å². The van der Waals surface area contributed by atoms with Gasteiger partial charge in [0.25, 0.3) is 0 Å². The molecule has 1 unspecified atom stereocenters. The average Bonchev–Trinajstić information content (AvgIpc) is 2.98. The SMILES string of the molecule is C1=NN(c2ccccn2)C2Sc3ccccc3N12. The van der Waals surface area contributed by atoms with E-state index in [1.54, 1.807) is 18.0 Å². The van der Waals surface area contributed by atoms with Crippen LogP contribution in [0.3, 0.4) is 0 Å². The van der Waals surface area contributed by atoms with Crippen LogP contribution in [0.1, 0.15) is 0 Å². The summed E-state index contributed by atoms with van der Waals surface area (Å²) in [4.78, 5) is 7.82. The first-order valence-corrected chi connectivity index (χ1v) is 6.60. The van der Waals surface area contributed by atoms with Crippen molar-refractivity contribution in [3.05, 3.63) is 48.7 Å². The fourth-order valence-corrected chi connectivity index (χ4v) is 3.40. The number of hydrogen-bond donors (Lipinski definition) is 0. The van der Waals surface area contributed by atoms with Gasteiger partial charge in [0.15, 0.2) is 11.3 Å². The molecule has 1 aromatic heterocycles. The Labute approximate surface area is 109 Å². The van der Waals surface area contributed by atoms with Gasteiger partial charge in [-0.15, -0.1) is 0 Å². The summed E-state index contributed by atoms with van der Waals surface area (Å²) in [7, 11) is 0. The molecule has 0 aliphatic carbocycles. The lowest BCUT2D eigenvalue weighted by molar-refractivity contribution is 0.849. The molecule has 0 radical (unpaired) electrons. The summed E-state index contributed by atoms with van der Waals surface area (Å²) < 4.78 is 0. The topological polar surface area (TPSA) is 31.7 Å². The quantitative estimate of drug-likeness (QED) is 0.783. The van der Waals surface area contributed by atoms with Crippen LogP contribution in [0.2, 0.25) is 0 Å². The van der Waals surface area contributed by atoms with Gasteiger partial charge in [0.2, 0.25) is 0 Å². The van der Waals surface area contributed by atoms with E-state index in [1.807, 2.05) is 29.5 Å². The standard InChI is InChI=1S/C13H10N4S/c1-2-6-11-10(5-1)16-9-15-17(13(16)18-11)12-7-3-4-8-14-12/h1-9,13H. The van der Waals surface area contributed by atoms with Crippen molar-refractivity contribution < 1.29 is 0 Å². The van der Waals surface area contributed by atoms with E-state index in [4.69, 9.17) is 0 Å². The molecule has 0 amide bonds. The fraction of sp³-hybridized carbons (Fsp3) is 0.0769. The minimum Gasteiger partial charge on any atom is -0.298 e. The predicted molar refractivity (Wildman–Crippen MR) is 73.8 cm³/mol. The van der Waals surface area contributed by atoms with Crippen molar-refractivity contribution in [3.8, 4) is 0 Å². The maximum absolute atomic E-state index is 4.44. The van der Waals surface area contributed by atoms with Gasteiger partial charge in [-0.1, -0.05) is 30.0 Å². The Hall–Kier alpha value is -2.01. The van der Waals surface area contributed by atoms with Crippen LogP contribution in [0.15, 0.2) is 58.7 Å². The number of benzene rings is 1. The minimum absolute atomic E-state index is 0.150. The van der Waals surface area contributed by atoms with Crippen molar-refractivity contribution >= 4 is 29.6 Å². The highest BCUT2D eigenvalue weighted by atomic mass is 32.2. The monoisotopic (exact) mass is 254 g/mol. The number of nitrogens with zero attached hydrogens (tertiary/aromatic N) is 4. The zero-order valence-corrected chi connectivity index (χ0v) is 10.3. The lowest BCUT2D eigenvalue weighted by Crippen LogP contribution is -2.34. The van der Waals surface area contributed by atoms with Crippen molar-refractivity contribution in [1.29, 1.82) is 0 Å². The molecule has 18 heavy (non-hydrogen) atoms. The molecule has 4 nitrogen and oxygen atoms in total. The maximum Gasteiger partial charge on any atom is 0.182 e. The molecule has 88 valence electrons. The summed E-state index contributed by atoms with van der Waals surface area (Å²) in [5.74, 6) is 0.876. The molecule has 2 aromatic rings. The third kappa shape index (κ3) is 1.34. The molecule has 0 N–H and O–H groups in total. The molecule has 0 saturated carbocycles. The summed E-state index contributed by atoms with van der Waals surface area (Å²) in [6.07, 6.45) is 3.67. The van der Waals surface area contributed by atoms with E-state index in [2.05, 4.69) is 39.3 Å². The lowest BCUT2D eigenvalue weighted by Gasteiger charge is -2.22. The maximum atomic E-state index is 4.44. The van der Waals surface area contributed by atoms with Gasteiger partial charge in [0.05, 0.1) is 5.69 Å². The Kier molecular flexibility index (Phi) is 2.07. The molecular formula is C13H10N4S. The summed E-state index contributed by atoms with van der Waals surface area (Å²) in [5.41, 5.74) is 1.37. The molecule has 3 heterocycles. The van der Waals surface area contributed by atoms with Gasteiger partial charge in [-0.25, -0.2) is 9.99 Å². The highest BCUT2D eigenvalue weighted by Gasteiger charge is 2.38. The zero-order valence-electron chi connectivity index (χ0n) is 9.47. The number of anilines is 2. The lowest BCUT2D eigenvalue weighted by atomic mass is 10.3. The first-order chi connectivity index (χ1) is 8.93. The summed E-state index contributed by atoms with van der Waals surface area (Å²) in [5, 5.41) is 6.39. The van der Waals surface area contributed by atoms with E-state index in [0.29, 0.717) is 0 Å².